The predicted octanol–water partition coefficient (Wildman–Crippen LogP) is 6.39. The number of carbonyl (C=O) groups is 2. The summed E-state index contributed by atoms with van der Waals surface area (Å²) in [4.78, 5) is 52.2. The molecule has 2 N–H and O–H groups in total. The quantitative estimate of drug-likeness (QED) is 0.167. The number of benzene rings is 2. The van der Waals surface area contributed by atoms with Crippen molar-refractivity contribution in [2.24, 2.45) is 0 Å². The van der Waals surface area contributed by atoms with Crippen molar-refractivity contribution in [1.82, 2.24) is 24.8 Å². The molecule has 0 radical (unpaired) electrons. The number of hydrogen-bond donors (Lipinski definition) is 2. The van der Waals surface area contributed by atoms with Crippen molar-refractivity contribution in [3.05, 3.63) is 75.7 Å². The Kier molecular flexibility index (Phi) is 12.5. The number of urea groups is 1. The Labute approximate surface area is 313 Å². The smallest absolute Gasteiger partial charge is 0.410 e. The number of aromatic nitrogens is 3. The highest BCUT2D eigenvalue weighted by atomic mass is 19.1. The number of para-hydroxylation sites is 1. The third-order valence-corrected chi connectivity index (χ3v) is 8.91. The van der Waals surface area contributed by atoms with Crippen molar-refractivity contribution >= 4 is 34.7 Å². The van der Waals surface area contributed by atoms with Crippen molar-refractivity contribution in [1.29, 1.82) is 0 Å². The van der Waals surface area contributed by atoms with E-state index in [1.807, 2.05) is 50.8 Å². The largest absolute Gasteiger partial charge is 0.444 e. The van der Waals surface area contributed by atoms with Gasteiger partial charge in [-0.1, -0.05) is 32.0 Å². The van der Waals surface area contributed by atoms with Crippen LogP contribution in [0.25, 0.3) is 28.0 Å². The zero-order chi connectivity index (χ0) is 39.3. The summed E-state index contributed by atoms with van der Waals surface area (Å²) in [6, 6.07) is 9.84. The number of rotatable bonds is 11. The Balaban J connectivity index is 1.56. The van der Waals surface area contributed by atoms with Crippen LogP contribution >= 0.6 is 0 Å². The van der Waals surface area contributed by atoms with Crippen LogP contribution < -0.4 is 21.2 Å². The van der Waals surface area contributed by atoms with Gasteiger partial charge in [0, 0.05) is 50.6 Å². The maximum Gasteiger partial charge on any atom is 0.410 e. The van der Waals surface area contributed by atoms with Crippen LogP contribution in [0.1, 0.15) is 58.6 Å². The summed E-state index contributed by atoms with van der Waals surface area (Å²) in [5.74, 6) is -1.47. The molecule has 1 aliphatic rings. The van der Waals surface area contributed by atoms with Crippen LogP contribution in [-0.4, -0.2) is 96.3 Å². The second-order valence-corrected chi connectivity index (χ2v) is 14.6. The van der Waals surface area contributed by atoms with Crippen LogP contribution in [0.3, 0.4) is 0 Å². The Morgan fingerprint density at radius 3 is 2.44 bits per heavy atom. The van der Waals surface area contributed by atoms with Gasteiger partial charge in [-0.3, -0.25) is 0 Å². The molecule has 290 valence electrons. The molecular weight excluding hydrogens is 700 g/mol. The van der Waals surface area contributed by atoms with Crippen LogP contribution in [0.4, 0.5) is 29.9 Å². The van der Waals surface area contributed by atoms with E-state index in [2.05, 4.69) is 20.6 Å². The van der Waals surface area contributed by atoms with Gasteiger partial charge >= 0.3 is 17.8 Å². The van der Waals surface area contributed by atoms with E-state index in [1.165, 1.54) is 22.8 Å². The van der Waals surface area contributed by atoms with Gasteiger partial charge in [-0.2, -0.15) is 4.98 Å². The van der Waals surface area contributed by atoms with Gasteiger partial charge in [0.15, 0.2) is 5.65 Å². The average Bonchev–Trinajstić information content (AvgIpc) is 3.09. The van der Waals surface area contributed by atoms with Crippen molar-refractivity contribution < 1.29 is 32.6 Å². The van der Waals surface area contributed by atoms with E-state index in [0.717, 1.165) is 17.2 Å². The van der Waals surface area contributed by atoms with Gasteiger partial charge in [-0.15, -0.1) is 0 Å². The van der Waals surface area contributed by atoms with E-state index in [-0.39, 0.29) is 78.5 Å². The van der Waals surface area contributed by atoms with E-state index >= 15 is 8.78 Å². The molecule has 1 fully saturated rings. The van der Waals surface area contributed by atoms with Crippen LogP contribution in [0.2, 0.25) is 0 Å². The molecule has 4 aromatic rings. The summed E-state index contributed by atoms with van der Waals surface area (Å²) in [6.07, 6.45) is -0.451. The molecule has 13 nitrogen and oxygen atoms in total. The van der Waals surface area contributed by atoms with Crippen LogP contribution in [0.15, 0.2) is 47.3 Å². The molecule has 0 spiro atoms. The number of nitrogens with zero attached hydrogens (tertiary/aromatic N) is 5. The van der Waals surface area contributed by atoms with Crippen LogP contribution in [0.5, 0.6) is 0 Å². The normalized spacial score (nSPS) is 14.8. The van der Waals surface area contributed by atoms with Crippen molar-refractivity contribution in [2.75, 3.05) is 63.3 Å². The minimum absolute atomic E-state index is 0.000252. The number of ether oxygens (including phenoxy) is 3. The molecule has 0 unspecified atom stereocenters. The highest BCUT2D eigenvalue weighted by Crippen LogP contribution is 2.35. The number of halogens is 2. The second kappa shape index (κ2) is 16.9. The summed E-state index contributed by atoms with van der Waals surface area (Å²) >= 11 is 0. The van der Waals surface area contributed by atoms with Gasteiger partial charge in [-0.05, 0) is 75.9 Å². The van der Waals surface area contributed by atoms with Gasteiger partial charge in [0.1, 0.15) is 28.7 Å². The van der Waals surface area contributed by atoms with Crippen LogP contribution in [0, 0.1) is 18.6 Å². The van der Waals surface area contributed by atoms with E-state index in [0.29, 0.717) is 18.9 Å². The molecule has 0 aliphatic carbocycles. The fourth-order valence-electron chi connectivity index (χ4n) is 6.37. The molecule has 1 aliphatic heterocycles. The number of carbonyl (C=O) groups excluding carboxylic acids is 2. The minimum Gasteiger partial charge on any atom is -0.444 e. The number of aryl methyl sites for hydroxylation is 1. The van der Waals surface area contributed by atoms with Gasteiger partial charge in [0.05, 0.1) is 30.9 Å². The lowest BCUT2D eigenvalue weighted by Crippen LogP contribution is -2.55. The van der Waals surface area contributed by atoms with Crippen molar-refractivity contribution in [3.63, 3.8) is 0 Å². The number of nitrogens with one attached hydrogen (secondary N) is 2. The average molecular weight is 750 g/mol. The molecule has 1 saturated heterocycles. The zero-order valence-electron chi connectivity index (χ0n) is 32.1. The van der Waals surface area contributed by atoms with E-state index in [1.54, 1.807) is 32.8 Å². The van der Waals surface area contributed by atoms with Gasteiger partial charge in [0.25, 0.3) is 0 Å². The maximum atomic E-state index is 16.3. The number of methoxy groups -OCH3 is 1. The fourth-order valence-corrected chi connectivity index (χ4v) is 6.37. The molecule has 5 rings (SSSR count). The third-order valence-electron chi connectivity index (χ3n) is 8.91. The summed E-state index contributed by atoms with van der Waals surface area (Å²) in [5, 5.41) is 5.43. The zero-order valence-corrected chi connectivity index (χ0v) is 32.1. The van der Waals surface area contributed by atoms with E-state index in [9.17, 15) is 14.4 Å². The predicted molar refractivity (Wildman–Crippen MR) is 204 cm³/mol. The number of fused-ring (bicyclic) bond motifs is 1. The lowest BCUT2D eigenvalue weighted by molar-refractivity contribution is 0.0218. The first kappa shape index (κ1) is 40.0. The standard InChI is InChI=1S/C39H49F2N7O6/c1-23(2)27-11-9-10-24(3)33(27)48-35-29(34(45-37(48)50)47-16-15-46(22-25(47)4)38(51)54-39(5,6)7)21-31(41)32(44-35)28-13-12-26(20-30(28)40)43-36(49)42-14-17-53-19-18-52-8/h9-13,20-21,23,25H,14-19,22H2,1-8H3,(H2,42,43,49)/t25-/m0/s1. The minimum atomic E-state index is -0.838. The fraction of sp³-hybridized carbons (Fsp3) is 0.462. The summed E-state index contributed by atoms with van der Waals surface area (Å²) < 4.78 is 49.3. The van der Waals surface area contributed by atoms with Gasteiger partial charge < -0.3 is 34.6 Å². The highest BCUT2D eigenvalue weighted by molar-refractivity contribution is 5.92. The number of pyridine rings is 1. The third kappa shape index (κ3) is 9.13. The number of anilines is 2. The Bertz CT molecular complexity index is 2070. The first-order valence-electron chi connectivity index (χ1n) is 18.0. The van der Waals surface area contributed by atoms with E-state index < -0.39 is 35.0 Å². The molecule has 2 aromatic carbocycles. The Morgan fingerprint density at radius 2 is 1.78 bits per heavy atom. The monoisotopic (exact) mass is 749 g/mol. The van der Waals surface area contributed by atoms with Crippen molar-refractivity contribution in [3.8, 4) is 16.9 Å². The van der Waals surface area contributed by atoms with Crippen LogP contribution in [-0.2, 0) is 14.2 Å². The van der Waals surface area contributed by atoms with Gasteiger partial charge in [0.2, 0.25) is 0 Å². The molecule has 0 bridgehead atoms. The topological polar surface area (TPSA) is 140 Å². The first-order chi connectivity index (χ1) is 25.6. The SMILES string of the molecule is COCCOCCNC(=O)Nc1ccc(-c2nc3c(cc2F)c(N2CCN(C(=O)OC(C)(C)C)C[C@@H]2C)nc(=O)n3-c2c(C)cccc2C(C)C)c(F)c1. The lowest BCUT2D eigenvalue weighted by Gasteiger charge is -2.41. The second-order valence-electron chi connectivity index (χ2n) is 14.6. The number of hydrogen-bond acceptors (Lipinski definition) is 9. The van der Waals surface area contributed by atoms with E-state index in [4.69, 9.17) is 14.2 Å². The maximum absolute atomic E-state index is 16.3. The summed E-state index contributed by atoms with van der Waals surface area (Å²) in [7, 11) is 1.56. The Hall–Kier alpha value is -5.15. The molecule has 3 amide bonds. The highest BCUT2D eigenvalue weighted by Gasteiger charge is 2.33. The number of amides is 3. The van der Waals surface area contributed by atoms with Crippen molar-refractivity contribution in [2.45, 2.75) is 66.0 Å². The molecule has 2 aromatic heterocycles. The summed E-state index contributed by atoms with van der Waals surface area (Å²) in [5.41, 5.74) is 0.604. The lowest BCUT2D eigenvalue weighted by atomic mass is 9.98. The molecular formula is C39H49F2N7O6. The molecule has 3 heterocycles. The molecule has 15 heteroatoms. The summed E-state index contributed by atoms with van der Waals surface area (Å²) in [6.45, 7) is 15.3. The number of piperazine rings is 1. The van der Waals surface area contributed by atoms with Gasteiger partial charge in [-0.25, -0.2) is 32.7 Å². The first-order valence-corrected chi connectivity index (χ1v) is 18.0. The molecule has 54 heavy (non-hydrogen) atoms. The Morgan fingerprint density at radius 1 is 1.02 bits per heavy atom. The molecule has 1 atom stereocenters. The molecule has 0 saturated carbocycles.